The molecule has 0 aliphatic carbocycles. The highest BCUT2D eigenvalue weighted by atomic mass is 16.9. The fourth-order valence-electron chi connectivity index (χ4n) is 2.70. The number of hydrogen-bond donors (Lipinski definition) is 2. The quantitative estimate of drug-likeness (QED) is 0.397. The molecule has 2 aromatic carbocycles. The van der Waals surface area contributed by atoms with Gasteiger partial charge in [-0.25, -0.2) is 0 Å². The average molecular weight is 420 g/mol. The molecule has 9 nitrogen and oxygen atoms in total. The second-order valence-corrected chi connectivity index (χ2v) is 6.12. The zero-order chi connectivity index (χ0) is 21.8. The van der Waals surface area contributed by atoms with Crippen LogP contribution in [0.2, 0.25) is 0 Å². The predicted octanol–water partition coefficient (Wildman–Crippen LogP) is 2.67. The molecule has 0 radical (unpaired) electrons. The molecule has 0 unspecified atom stereocenters. The van der Waals surface area contributed by atoms with E-state index in [-0.39, 0.29) is 0 Å². The monoisotopic (exact) mass is 420 g/mol. The largest absolute Gasteiger partial charge is 0.547 e. The Morgan fingerprint density at radius 1 is 0.667 bits per heavy atom. The van der Waals surface area contributed by atoms with E-state index < -0.39 is 6.16 Å². The van der Waals surface area contributed by atoms with Gasteiger partial charge in [0.15, 0.2) is 23.0 Å². The number of rotatable bonds is 12. The van der Waals surface area contributed by atoms with Crippen molar-refractivity contribution in [3.8, 4) is 23.0 Å². The summed E-state index contributed by atoms with van der Waals surface area (Å²) in [4.78, 5) is 21.2. The Kier molecular flexibility index (Phi) is 9.56. The molecule has 0 aliphatic heterocycles. The molecule has 0 fully saturated rings. The molecular formula is C21H28N2O7. The molecule has 0 atom stereocenters. The third kappa shape index (κ3) is 7.02. The fraction of sp³-hybridized carbons (Fsp3) is 0.381. The fourth-order valence-corrected chi connectivity index (χ4v) is 2.70. The van der Waals surface area contributed by atoms with Crippen LogP contribution in [0.3, 0.4) is 0 Å². The molecular weight excluding hydrogens is 392 g/mol. The highest BCUT2D eigenvalue weighted by Crippen LogP contribution is 2.28. The minimum Gasteiger partial charge on any atom is -0.493 e. The van der Waals surface area contributed by atoms with E-state index in [9.17, 15) is 4.79 Å². The second-order valence-electron chi connectivity index (χ2n) is 6.12. The van der Waals surface area contributed by atoms with Crippen molar-refractivity contribution in [1.29, 1.82) is 0 Å². The maximum Gasteiger partial charge on any atom is 0.547 e. The molecule has 0 saturated heterocycles. The minimum absolute atomic E-state index is 0.413. The van der Waals surface area contributed by atoms with Gasteiger partial charge in [-0.15, -0.1) is 11.0 Å². The zero-order valence-electron chi connectivity index (χ0n) is 17.7. The molecule has 2 N–H and O–H groups in total. The lowest BCUT2D eigenvalue weighted by Gasteiger charge is -2.11. The van der Waals surface area contributed by atoms with Crippen molar-refractivity contribution < 1.29 is 33.4 Å². The van der Waals surface area contributed by atoms with Gasteiger partial charge in [-0.05, 0) is 48.2 Å². The number of nitrogens with one attached hydrogen (secondary N) is 2. The van der Waals surface area contributed by atoms with Crippen molar-refractivity contribution in [3.05, 3.63) is 47.5 Å². The maximum atomic E-state index is 11.6. The minimum atomic E-state index is -0.866. The van der Waals surface area contributed by atoms with Crippen molar-refractivity contribution in [3.63, 3.8) is 0 Å². The Hall–Kier alpha value is -3.17. The molecule has 0 aromatic heterocycles. The van der Waals surface area contributed by atoms with Crippen LogP contribution in [0.25, 0.3) is 0 Å². The highest BCUT2D eigenvalue weighted by Gasteiger charge is 2.08. The summed E-state index contributed by atoms with van der Waals surface area (Å²) in [5.74, 6) is 2.62. The SMILES string of the molecule is COc1ccc(CCNOC(=O)ONCCc2ccc(OC)c(OC)c2)cc1OC. The van der Waals surface area contributed by atoms with Crippen LogP contribution >= 0.6 is 0 Å². The Bertz CT molecular complexity index is 748. The lowest BCUT2D eigenvalue weighted by molar-refractivity contribution is -0.0130. The zero-order valence-corrected chi connectivity index (χ0v) is 17.7. The van der Waals surface area contributed by atoms with Gasteiger partial charge in [-0.1, -0.05) is 12.1 Å². The van der Waals surface area contributed by atoms with Crippen molar-refractivity contribution in [2.45, 2.75) is 12.8 Å². The molecule has 164 valence electrons. The third-order valence-electron chi connectivity index (χ3n) is 4.24. The van der Waals surface area contributed by atoms with Gasteiger partial charge in [-0.3, -0.25) is 0 Å². The number of carbonyl (C=O) groups is 1. The molecule has 9 heteroatoms. The lowest BCUT2D eigenvalue weighted by atomic mass is 10.1. The summed E-state index contributed by atoms with van der Waals surface area (Å²) in [6.07, 6.45) is 0.385. The van der Waals surface area contributed by atoms with Gasteiger partial charge in [0.2, 0.25) is 0 Å². The standard InChI is InChI=1S/C21H28N2O7/c1-25-17-7-5-15(13-19(17)27-3)9-11-22-29-21(24)30-23-12-10-16-6-8-18(26-2)20(14-16)28-4/h5-8,13-14,22-23H,9-12H2,1-4H3. The van der Waals surface area contributed by atoms with Crippen LogP contribution in [0.1, 0.15) is 11.1 Å². The van der Waals surface area contributed by atoms with E-state index in [1.54, 1.807) is 28.4 Å². The summed E-state index contributed by atoms with van der Waals surface area (Å²) in [7, 11) is 6.33. The number of methoxy groups -OCH3 is 4. The summed E-state index contributed by atoms with van der Waals surface area (Å²) in [6, 6.07) is 11.2. The van der Waals surface area contributed by atoms with Gasteiger partial charge < -0.3 is 28.6 Å². The first-order valence-corrected chi connectivity index (χ1v) is 9.36. The molecule has 0 heterocycles. The highest BCUT2D eigenvalue weighted by molar-refractivity contribution is 5.59. The van der Waals surface area contributed by atoms with Crippen LogP contribution < -0.4 is 29.9 Å². The topological polar surface area (TPSA) is 96.5 Å². The summed E-state index contributed by atoms with van der Waals surface area (Å²) in [6.45, 7) is 0.826. The van der Waals surface area contributed by atoms with Crippen molar-refractivity contribution in [1.82, 2.24) is 11.0 Å². The van der Waals surface area contributed by atoms with E-state index in [1.165, 1.54) is 0 Å². The molecule has 2 aromatic rings. The molecule has 2 rings (SSSR count). The molecule has 0 bridgehead atoms. The Morgan fingerprint density at radius 3 is 1.43 bits per heavy atom. The second kappa shape index (κ2) is 12.4. The van der Waals surface area contributed by atoms with E-state index in [2.05, 4.69) is 11.0 Å². The predicted molar refractivity (Wildman–Crippen MR) is 110 cm³/mol. The Morgan fingerprint density at radius 2 is 1.07 bits per heavy atom. The number of hydrogen-bond acceptors (Lipinski definition) is 9. The van der Waals surface area contributed by atoms with E-state index >= 15 is 0 Å². The Balaban J connectivity index is 1.63. The molecule has 0 amide bonds. The van der Waals surface area contributed by atoms with Crippen LogP contribution in [0.4, 0.5) is 4.79 Å². The van der Waals surface area contributed by atoms with Crippen molar-refractivity contribution >= 4 is 6.16 Å². The van der Waals surface area contributed by atoms with Gasteiger partial charge in [0.05, 0.1) is 28.4 Å². The van der Waals surface area contributed by atoms with Crippen LogP contribution in [-0.2, 0) is 22.5 Å². The van der Waals surface area contributed by atoms with Gasteiger partial charge in [-0.2, -0.15) is 4.79 Å². The van der Waals surface area contributed by atoms with E-state index in [4.69, 9.17) is 28.6 Å². The first-order chi connectivity index (χ1) is 14.6. The molecule has 0 saturated carbocycles. The summed E-state index contributed by atoms with van der Waals surface area (Å²) >= 11 is 0. The number of ether oxygens (including phenoxy) is 4. The van der Waals surface area contributed by atoms with Crippen LogP contribution in [-0.4, -0.2) is 47.7 Å². The van der Waals surface area contributed by atoms with Crippen LogP contribution in [0.15, 0.2) is 36.4 Å². The normalized spacial score (nSPS) is 10.3. The maximum absolute atomic E-state index is 11.6. The van der Waals surface area contributed by atoms with E-state index in [0.29, 0.717) is 48.9 Å². The smallest absolute Gasteiger partial charge is 0.493 e. The van der Waals surface area contributed by atoms with Gasteiger partial charge in [0, 0.05) is 13.1 Å². The molecule has 0 spiro atoms. The van der Waals surface area contributed by atoms with E-state index in [1.807, 2.05) is 36.4 Å². The summed E-state index contributed by atoms with van der Waals surface area (Å²) in [5, 5.41) is 0. The van der Waals surface area contributed by atoms with Gasteiger partial charge in [0.1, 0.15) is 0 Å². The van der Waals surface area contributed by atoms with Crippen molar-refractivity contribution in [2.75, 3.05) is 41.5 Å². The molecule has 30 heavy (non-hydrogen) atoms. The lowest BCUT2D eigenvalue weighted by Crippen LogP contribution is -2.28. The molecule has 0 aliphatic rings. The third-order valence-corrected chi connectivity index (χ3v) is 4.24. The first kappa shape index (κ1) is 23.1. The van der Waals surface area contributed by atoms with Crippen LogP contribution in [0, 0.1) is 0 Å². The first-order valence-electron chi connectivity index (χ1n) is 9.36. The van der Waals surface area contributed by atoms with Gasteiger partial charge >= 0.3 is 6.16 Å². The summed E-state index contributed by atoms with van der Waals surface area (Å²) < 4.78 is 20.9. The number of hydroxylamine groups is 2. The average Bonchev–Trinajstić information content (AvgIpc) is 2.79. The Labute approximate surface area is 176 Å². The van der Waals surface area contributed by atoms with Crippen LogP contribution in [0.5, 0.6) is 23.0 Å². The number of carbonyl (C=O) groups excluding carboxylic acids is 1. The summed E-state index contributed by atoms with van der Waals surface area (Å²) in [5.41, 5.74) is 7.15. The van der Waals surface area contributed by atoms with Crippen molar-refractivity contribution in [2.24, 2.45) is 0 Å². The van der Waals surface area contributed by atoms with E-state index in [0.717, 1.165) is 11.1 Å². The number of benzene rings is 2. The van der Waals surface area contributed by atoms with Gasteiger partial charge in [0.25, 0.3) is 0 Å².